The van der Waals surface area contributed by atoms with Crippen LogP contribution in [-0.4, -0.2) is 46.7 Å². The Labute approximate surface area is 196 Å². The normalized spacial score (nSPS) is 16.6. The summed E-state index contributed by atoms with van der Waals surface area (Å²) in [6.07, 6.45) is 7.50. The van der Waals surface area contributed by atoms with E-state index in [0.717, 1.165) is 45.1 Å². The van der Waals surface area contributed by atoms with Gasteiger partial charge in [-0.3, -0.25) is 0 Å². The first-order valence-corrected chi connectivity index (χ1v) is 12.2. The Morgan fingerprint density at radius 1 is 1.06 bits per heavy atom. The molecule has 33 heavy (non-hydrogen) atoms. The van der Waals surface area contributed by atoms with Gasteiger partial charge in [-0.25, -0.2) is 4.39 Å². The number of nitrogens with zero attached hydrogens (tertiary/aromatic N) is 3. The minimum Gasteiger partial charge on any atom is -0.494 e. The molecule has 0 saturated carbocycles. The molecule has 2 unspecified atom stereocenters. The molecule has 1 aliphatic heterocycles. The van der Waals surface area contributed by atoms with Gasteiger partial charge < -0.3 is 26.0 Å². The summed E-state index contributed by atoms with van der Waals surface area (Å²) >= 11 is 0. The second-order valence-corrected chi connectivity index (χ2v) is 8.56. The summed E-state index contributed by atoms with van der Waals surface area (Å²) in [5.74, 6) is 1.14. The highest BCUT2D eigenvalue weighted by Gasteiger charge is 2.24. The summed E-state index contributed by atoms with van der Waals surface area (Å²) in [7, 11) is 1.44. The lowest BCUT2D eigenvalue weighted by molar-refractivity contribution is 0.386. The van der Waals surface area contributed by atoms with Crippen molar-refractivity contribution in [2.45, 2.75) is 83.8 Å². The zero-order valence-electron chi connectivity index (χ0n) is 20.2. The number of methoxy groups -OCH3 is 1. The fourth-order valence-corrected chi connectivity index (χ4v) is 4.31. The molecular formula is C24H38FN7O. The van der Waals surface area contributed by atoms with E-state index in [0.29, 0.717) is 35.6 Å². The first-order chi connectivity index (χ1) is 16.1. The summed E-state index contributed by atoms with van der Waals surface area (Å²) in [6.45, 7) is 7.56. The van der Waals surface area contributed by atoms with Crippen molar-refractivity contribution in [3.63, 3.8) is 0 Å². The minimum atomic E-state index is -0.447. The van der Waals surface area contributed by atoms with Crippen LogP contribution in [-0.2, 0) is 0 Å². The number of benzene rings is 1. The van der Waals surface area contributed by atoms with Crippen LogP contribution >= 0.6 is 0 Å². The first-order valence-electron chi connectivity index (χ1n) is 12.2. The van der Waals surface area contributed by atoms with Crippen LogP contribution in [0.2, 0.25) is 0 Å². The van der Waals surface area contributed by atoms with E-state index in [1.165, 1.54) is 19.6 Å². The van der Waals surface area contributed by atoms with E-state index < -0.39 is 5.82 Å². The quantitative estimate of drug-likeness (QED) is 0.329. The van der Waals surface area contributed by atoms with Gasteiger partial charge in [0.05, 0.1) is 7.11 Å². The van der Waals surface area contributed by atoms with Gasteiger partial charge in [0.1, 0.15) is 0 Å². The molecule has 8 nitrogen and oxygen atoms in total. The summed E-state index contributed by atoms with van der Waals surface area (Å²) in [5.41, 5.74) is 0.541. The molecule has 1 aromatic heterocycles. The molecule has 9 heteroatoms. The summed E-state index contributed by atoms with van der Waals surface area (Å²) in [4.78, 5) is 13.9. The van der Waals surface area contributed by atoms with Gasteiger partial charge >= 0.3 is 0 Å². The molecule has 2 atom stereocenters. The van der Waals surface area contributed by atoms with Gasteiger partial charge in [-0.1, -0.05) is 33.6 Å². The topological polar surface area (TPSA) is 96.0 Å². The number of nitrogens with one attached hydrogen (secondary N) is 4. The van der Waals surface area contributed by atoms with Gasteiger partial charge in [-0.15, -0.1) is 0 Å². The molecular weight excluding hydrogens is 421 g/mol. The van der Waals surface area contributed by atoms with Crippen molar-refractivity contribution in [3.8, 4) is 5.75 Å². The molecule has 0 bridgehead atoms. The number of aromatic nitrogens is 3. The van der Waals surface area contributed by atoms with E-state index in [1.807, 2.05) is 0 Å². The number of ether oxygens (including phenoxy) is 1. The Bertz CT molecular complexity index is 870. The summed E-state index contributed by atoms with van der Waals surface area (Å²) < 4.78 is 19.2. The van der Waals surface area contributed by atoms with Crippen LogP contribution in [0, 0.1) is 5.82 Å². The number of rotatable bonds is 13. The average molecular weight is 460 g/mol. The third kappa shape index (κ3) is 7.15. The Kier molecular flexibility index (Phi) is 9.47. The lowest BCUT2D eigenvalue weighted by Crippen LogP contribution is -2.40. The second-order valence-electron chi connectivity index (χ2n) is 8.56. The highest BCUT2D eigenvalue weighted by atomic mass is 19.1. The Hall–Kier alpha value is -2.68. The van der Waals surface area contributed by atoms with E-state index in [-0.39, 0.29) is 11.8 Å². The molecule has 2 heterocycles. The third-order valence-corrected chi connectivity index (χ3v) is 5.99. The van der Waals surface area contributed by atoms with E-state index in [2.05, 4.69) is 57.0 Å². The zero-order valence-corrected chi connectivity index (χ0v) is 20.2. The van der Waals surface area contributed by atoms with Crippen LogP contribution in [0.3, 0.4) is 0 Å². The van der Waals surface area contributed by atoms with E-state index >= 15 is 0 Å². The summed E-state index contributed by atoms with van der Waals surface area (Å²) in [6, 6.07) is 5.59. The van der Waals surface area contributed by atoms with Crippen molar-refractivity contribution >= 4 is 23.5 Å². The van der Waals surface area contributed by atoms with Crippen molar-refractivity contribution in [2.24, 2.45) is 0 Å². The lowest BCUT2D eigenvalue weighted by atomic mass is 10.0. The maximum absolute atomic E-state index is 14.2. The fourth-order valence-electron chi connectivity index (χ4n) is 4.31. The molecule has 1 fully saturated rings. The van der Waals surface area contributed by atoms with Gasteiger partial charge in [0.2, 0.25) is 17.8 Å². The van der Waals surface area contributed by atoms with Gasteiger partial charge in [0.15, 0.2) is 11.6 Å². The molecule has 4 N–H and O–H groups in total. The van der Waals surface area contributed by atoms with E-state index in [9.17, 15) is 4.39 Å². The SMILES string of the molecule is CCCC(CCC)Nc1nc(Nc2ccc(OC)c(F)c2)nc(NC(CC)C2CCCN2)n1. The average Bonchev–Trinajstić information content (AvgIpc) is 3.33. The Morgan fingerprint density at radius 3 is 2.33 bits per heavy atom. The van der Waals surface area contributed by atoms with Crippen molar-refractivity contribution in [3.05, 3.63) is 24.0 Å². The van der Waals surface area contributed by atoms with Gasteiger partial charge in [0, 0.05) is 29.9 Å². The van der Waals surface area contributed by atoms with Crippen LogP contribution in [0.15, 0.2) is 18.2 Å². The standard InChI is InChI=1S/C24H38FN7O/c1-5-9-16(10-6-2)27-22-30-23(28-17-12-13-21(33-4)18(25)15-17)32-24(31-22)29-19(7-3)20-11-8-14-26-20/h12-13,15-16,19-20,26H,5-11,14H2,1-4H3,(H3,27,28,29,30,31,32). The summed E-state index contributed by atoms with van der Waals surface area (Å²) in [5, 5.41) is 13.7. The number of hydrogen-bond donors (Lipinski definition) is 4. The zero-order chi connectivity index (χ0) is 23.6. The molecule has 0 radical (unpaired) electrons. The Balaban J connectivity index is 1.86. The Morgan fingerprint density at radius 2 is 1.76 bits per heavy atom. The van der Waals surface area contributed by atoms with Crippen molar-refractivity contribution in [2.75, 3.05) is 29.6 Å². The predicted molar refractivity (Wildman–Crippen MR) is 132 cm³/mol. The van der Waals surface area contributed by atoms with Gasteiger partial charge in [-0.05, 0) is 50.8 Å². The first kappa shape index (κ1) is 25.0. The van der Waals surface area contributed by atoms with E-state index in [4.69, 9.17) is 4.74 Å². The molecule has 0 aliphatic carbocycles. The van der Waals surface area contributed by atoms with Crippen molar-refractivity contribution in [1.29, 1.82) is 0 Å². The number of halogens is 1. The van der Waals surface area contributed by atoms with Crippen LogP contribution < -0.4 is 26.0 Å². The monoisotopic (exact) mass is 459 g/mol. The van der Waals surface area contributed by atoms with Crippen molar-refractivity contribution in [1.82, 2.24) is 20.3 Å². The van der Waals surface area contributed by atoms with Crippen LogP contribution in [0.1, 0.15) is 65.7 Å². The number of anilines is 4. The molecule has 1 aromatic carbocycles. The smallest absolute Gasteiger partial charge is 0.233 e. The minimum absolute atomic E-state index is 0.192. The maximum Gasteiger partial charge on any atom is 0.233 e. The van der Waals surface area contributed by atoms with Crippen LogP contribution in [0.5, 0.6) is 5.75 Å². The highest BCUT2D eigenvalue weighted by molar-refractivity contribution is 5.57. The lowest BCUT2D eigenvalue weighted by Gasteiger charge is -2.24. The van der Waals surface area contributed by atoms with Crippen LogP contribution in [0.25, 0.3) is 0 Å². The molecule has 182 valence electrons. The molecule has 2 aromatic rings. The third-order valence-electron chi connectivity index (χ3n) is 5.99. The second kappa shape index (κ2) is 12.5. The maximum atomic E-state index is 14.2. The van der Waals surface area contributed by atoms with Crippen LogP contribution in [0.4, 0.5) is 27.9 Å². The largest absolute Gasteiger partial charge is 0.494 e. The molecule has 0 spiro atoms. The van der Waals surface area contributed by atoms with E-state index in [1.54, 1.807) is 12.1 Å². The van der Waals surface area contributed by atoms with Gasteiger partial charge in [0.25, 0.3) is 0 Å². The molecule has 1 aliphatic rings. The highest BCUT2D eigenvalue weighted by Crippen LogP contribution is 2.24. The van der Waals surface area contributed by atoms with Gasteiger partial charge in [-0.2, -0.15) is 15.0 Å². The molecule has 3 rings (SSSR count). The van der Waals surface area contributed by atoms with Crippen molar-refractivity contribution < 1.29 is 9.13 Å². The fraction of sp³-hybridized carbons (Fsp3) is 0.625. The predicted octanol–water partition coefficient (Wildman–Crippen LogP) is 5.09. The molecule has 0 amide bonds. The number of hydrogen-bond acceptors (Lipinski definition) is 8. The molecule has 1 saturated heterocycles.